The molecule has 4 N–H and O–H groups in total. The van der Waals surface area contributed by atoms with Gasteiger partial charge in [0.25, 0.3) is 6.29 Å². The lowest BCUT2D eigenvalue weighted by molar-refractivity contribution is -0.204. The number of halogens is 6. The highest BCUT2D eigenvalue weighted by atomic mass is 127. The molecule has 6 rings (SSSR count). The minimum atomic E-state index is -1.51. The summed E-state index contributed by atoms with van der Waals surface area (Å²) in [5.41, 5.74) is 17.9. The standard InChI is InChI=1S/C55H74I6N2O8/c1-8-31(23-36-41(56)26-43(58)50(62)48(36)60)52(66)70-47(71-53(67)32(9-2)24-37-42(57)27-44(59)51(63)49(37)61)28-68-45(64)17-18-46(65)69-34-19-21-54(6)33(25-34)13-14-35-39-16-15-38(30(5)12-10-11-29(3)4)55(39,7)22-20-40(35)54/h13,26-27,29-32,34-35,38-40,47H,8-12,14-25,28,62-63H2,1-7H3/t30-,31?,32?,34+,35+,38-,39+,40+,47?,54+,55-/m1/s1. The van der Waals surface area contributed by atoms with E-state index in [1.165, 1.54) is 50.5 Å². The molecule has 0 aromatic heterocycles. The van der Waals surface area contributed by atoms with Crippen LogP contribution in [0.1, 0.15) is 156 Å². The first-order valence-electron chi connectivity index (χ1n) is 25.8. The van der Waals surface area contributed by atoms with Crippen LogP contribution in [-0.4, -0.2) is 42.9 Å². The molecule has 10 atom stereocenters. The van der Waals surface area contributed by atoms with Gasteiger partial charge in [-0.15, -0.1) is 0 Å². The van der Waals surface area contributed by atoms with Crippen LogP contribution >= 0.6 is 136 Å². The Kier molecular flexibility index (Phi) is 22.6. The van der Waals surface area contributed by atoms with E-state index < -0.39 is 48.6 Å². The van der Waals surface area contributed by atoms with E-state index in [9.17, 15) is 19.2 Å². The minimum absolute atomic E-state index is 0.132. The predicted molar refractivity (Wildman–Crippen MR) is 332 cm³/mol. The Balaban J connectivity index is 1.05. The molecule has 0 spiro atoms. The van der Waals surface area contributed by atoms with E-state index in [-0.39, 0.29) is 24.4 Å². The molecule has 0 saturated heterocycles. The highest BCUT2D eigenvalue weighted by Crippen LogP contribution is 2.67. The number of hydrogen-bond donors (Lipinski definition) is 2. The Morgan fingerprint density at radius 2 is 1.28 bits per heavy atom. The van der Waals surface area contributed by atoms with Gasteiger partial charge in [0, 0.05) is 27.8 Å². The number of ether oxygens (including phenoxy) is 4. The van der Waals surface area contributed by atoms with Gasteiger partial charge in [-0.1, -0.05) is 79.4 Å². The number of nitrogens with two attached hydrogens (primary N) is 2. The third kappa shape index (κ3) is 14.4. The fourth-order valence-corrected chi connectivity index (χ4v) is 20.6. The first kappa shape index (κ1) is 60.3. The van der Waals surface area contributed by atoms with E-state index in [1.807, 2.05) is 26.0 Å². The van der Waals surface area contributed by atoms with Gasteiger partial charge < -0.3 is 30.4 Å². The molecule has 2 aromatic rings. The topological polar surface area (TPSA) is 157 Å². The molecule has 10 nitrogen and oxygen atoms in total. The van der Waals surface area contributed by atoms with Gasteiger partial charge >= 0.3 is 23.9 Å². The second kappa shape index (κ2) is 26.6. The van der Waals surface area contributed by atoms with Crippen molar-refractivity contribution in [3.8, 4) is 0 Å². The molecule has 3 saturated carbocycles. The summed E-state index contributed by atoms with van der Waals surface area (Å²) >= 11 is 13.3. The molecular formula is C55H74I6N2O8. The molecular weight excluding hydrogens is 1580 g/mol. The molecule has 2 unspecified atom stereocenters. The predicted octanol–water partition coefficient (Wildman–Crippen LogP) is 15.0. The number of hydrogen-bond acceptors (Lipinski definition) is 10. The number of rotatable bonds is 21. The Labute approximate surface area is 505 Å². The van der Waals surface area contributed by atoms with Crippen molar-refractivity contribution in [2.75, 3.05) is 18.1 Å². The fraction of sp³-hybridized carbons (Fsp3) is 0.673. The maximum atomic E-state index is 13.9. The fourth-order valence-electron chi connectivity index (χ4n) is 12.9. The molecule has 394 valence electrons. The number of fused-ring (bicyclic) bond motifs is 5. The smallest absolute Gasteiger partial charge is 0.312 e. The van der Waals surface area contributed by atoms with Crippen molar-refractivity contribution < 1.29 is 38.1 Å². The average Bonchev–Trinajstić information content (AvgIpc) is 3.68. The molecule has 0 aliphatic heterocycles. The zero-order chi connectivity index (χ0) is 52.1. The number of carbonyl (C=O) groups is 4. The summed E-state index contributed by atoms with van der Waals surface area (Å²) in [6.45, 7) is 15.6. The van der Waals surface area contributed by atoms with Crippen LogP contribution in [0.5, 0.6) is 0 Å². The molecule has 0 radical (unpaired) electrons. The van der Waals surface area contributed by atoms with E-state index in [4.69, 9.17) is 30.4 Å². The molecule has 0 amide bonds. The van der Waals surface area contributed by atoms with Crippen molar-refractivity contribution in [1.82, 2.24) is 0 Å². The third-order valence-electron chi connectivity index (χ3n) is 17.1. The van der Waals surface area contributed by atoms with E-state index in [0.29, 0.717) is 48.4 Å². The SMILES string of the molecule is CCC(Cc1c(I)cc(I)c(N)c1I)C(=O)OC(COC(=O)CCC(=O)O[C@H]1CC[C@@]2(C)C(=CC[C@H]3[C@@H]4CC[C@H]([C@H](C)CCCC(C)C)[C@@]4(C)CC[C@@H]32)C1)OC(=O)C(CC)Cc1c(I)cc(I)c(N)c1I. The zero-order valence-corrected chi connectivity index (χ0v) is 55.4. The Morgan fingerprint density at radius 3 is 1.83 bits per heavy atom. The summed E-state index contributed by atoms with van der Waals surface area (Å²) in [7, 11) is 0. The van der Waals surface area contributed by atoms with Crippen molar-refractivity contribution in [3.63, 3.8) is 0 Å². The molecule has 4 aliphatic carbocycles. The highest BCUT2D eigenvalue weighted by molar-refractivity contribution is 14.1. The lowest BCUT2D eigenvalue weighted by Gasteiger charge is -2.58. The van der Waals surface area contributed by atoms with Crippen LogP contribution in [0.2, 0.25) is 0 Å². The largest absolute Gasteiger partial charge is 0.462 e. The molecule has 16 heteroatoms. The van der Waals surface area contributed by atoms with Gasteiger partial charge in [0.2, 0.25) is 0 Å². The number of carbonyl (C=O) groups excluding carboxylic acids is 4. The maximum absolute atomic E-state index is 13.9. The summed E-state index contributed by atoms with van der Waals surface area (Å²) in [4.78, 5) is 54.5. The number of anilines is 2. The normalized spacial score (nSPS) is 26.5. The summed E-state index contributed by atoms with van der Waals surface area (Å²) in [6, 6.07) is 3.97. The van der Waals surface area contributed by atoms with E-state index in [2.05, 4.69) is 176 Å². The third-order valence-corrected chi connectivity index (χ3v) is 23.3. The van der Waals surface area contributed by atoms with Gasteiger partial charge in [0.15, 0.2) is 6.61 Å². The summed E-state index contributed by atoms with van der Waals surface area (Å²) < 4.78 is 29.1. The average molecular weight is 1650 g/mol. The molecule has 4 aliphatic rings. The Hall–Kier alpha value is 0.0400. The Morgan fingerprint density at radius 1 is 0.718 bits per heavy atom. The van der Waals surface area contributed by atoms with Crippen LogP contribution in [0.4, 0.5) is 11.4 Å². The van der Waals surface area contributed by atoms with Crippen molar-refractivity contribution in [2.45, 2.75) is 170 Å². The van der Waals surface area contributed by atoms with Crippen LogP contribution in [0.3, 0.4) is 0 Å². The van der Waals surface area contributed by atoms with Crippen LogP contribution in [0.15, 0.2) is 23.8 Å². The van der Waals surface area contributed by atoms with Gasteiger partial charge in [-0.3, -0.25) is 19.2 Å². The van der Waals surface area contributed by atoms with Crippen molar-refractivity contribution >= 4 is 171 Å². The van der Waals surface area contributed by atoms with Gasteiger partial charge in [-0.25, -0.2) is 0 Å². The van der Waals surface area contributed by atoms with Crippen molar-refractivity contribution in [3.05, 3.63) is 56.3 Å². The van der Waals surface area contributed by atoms with Gasteiger partial charge in [-0.05, 0) is 276 Å². The first-order valence-corrected chi connectivity index (χ1v) is 32.3. The zero-order valence-electron chi connectivity index (χ0n) is 42.4. The van der Waals surface area contributed by atoms with Gasteiger partial charge in [-0.2, -0.15) is 0 Å². The number of allylic oxidation sites excluding steroid dienone is 1. The summed E-state index contributed by atoms with van der Waals surface area (Å²) in [6.07, 6.45) is 15.1. The summed E-state index contributed by atoms with van der Waals surface area (Å²) in [5.74, 6) is 1.09. The summed E-state index contributed by atoms with van der Waals surface area (Å²) in [5, 5.41) is 0. The monoisotopic (exact) mass is 1650 g/mol. The van der Waals surface area contributed by atoms with Crippen LogP contribution in [0, 0.1) is 79.6 Å². The highest BCUT2D eigenvalue weighted by Gasteiger charge is 2.59. The molecule has 2 aromatic carbocycles. The van der Waals surface area contributed by atoms with E-state index in [1.54, 1.807) is 0 Å². The number of esters is 4. The molecule has 71 heavy (non-hydrogen) atoms. The van der Waals surface area contributed by atoms with Crippen LogP contribution in [-0.2, 0) is 51.0 Å². The van der Waals surface area contributed by atoms with Crippen LogP contribution in [0.25, 0.3) is 0 Å². The van der Waals surface area contributed by atoms with Crippen LogP contribution < -0.4 is 11.5 Å². The Bertz CT molecular complexity index is 2220. The second-order valence-electron chi connectivity index (χ2n) is 21.8. The van der Waals surface area contributed by atoms with E-state index >= 15 is 0 Å². The maximum Gasteiger partial charge on any atom is 0.312 e. The molecule has 3 fully saturated rings. The second-order valence-corrected chi connectivity index (χ2v) is 28.6. The van der Waals surface area contributed by atoms with Gasteiger partial charge in [0.1, 0.15) is 6.10 Å². The minimum Gasteiger partial charge on any atom is -0.462 e. The van der Waals surface area contributed by atoms with E-state index in [0.717, 1.165) is 87.8 Å². The lowest BCUT2D eigenvalue weighted by Crippen LogP contribution is -2.51. The van der Waals surface area contributed by atoms with Crippen molar-refractivity contribution in [1.29, 1.82) is 0 Å². The quantitative estimate of drug-likeness (QED) is 0.0308. The molecule has 0 bridgehead atoms. The number of benzene rings is 2. The number of nitrogen functional groups attached to an aromatic ring is 2. The van der Waals surface area contributed by atoms with Crippen molar-refractivity contribution in [2.24, 2.45) is 58.2 Å². The lowest BCUT2D eigenvalue weighted by atomic mass is 9.47. The first-order chi connectivity index (χ1) is 33.5. The molecule has 0 heterocycles. The van der Waals surface area contributed by atoms with Gasteiger partial charge in [0.05, 0.1) is 36.1 Å².